The molecule has 85 heavy (non-hydrogen) atoms. The first-order valence-electron chi connectivity index (χ1n) is 28.7. The molecular weight excluding hydrogens is 1050 g/mol. The topological polar surface area (TPSA) is 67.3 Å². The number of para-hydroxylation sites is 6. The van der Waals surface area contributed by atoms with E-state index >= 15 is 0 Å². The smallest absolute Gasteiger partial charge is 0.104 e. The van der Waals surface area contributed by atoms with E-state index in [0.717, 1.165) is 108 Å². The van der Waals surface area contributed by atoms with E-state index in [2.05, 4.69) is 285 Å². The van der Waals surface area contributed by atoms with Crippen LogP contribution >= 0.6 is 11.3 Å². The molecule has 0 bridgehead atoms. The Bertz CT molecular complexity index is 5950. The molecule has 0 saturated carbocycles. The summed E-state index contributed by atoms with van der Waals surface area (Å²) in [6.07, 6.45) is 0. The number of fused-ring (bicyclic) bond motifs is 19. The molecular formula is C78H42N6S. The molecule has 390 valence electrons. The van der Waals surface area contributed by atoms with Crippen molar-refractivity contribution in [1.82, 2.24) is 18.3 Å². The molecule has 7 heteroatoms. The minimum atomic E-state index is 0.421. The molecule has 0 atom stereocenters. The Labute approximate surface area is 489 Å². The monoisotopic (exact) mass is 1090 g/mol. The van der Waals surface area contributed by atoms with Gasteiger partial charge in [0.2, 0.25) is 0 Å². The fourth-order valence-corrected chi connectivity index (χ4v) is 16.3. The van der Waals surface area contributed by atoms with E-state index in [1.165, 1.54) is 43.1 Å². The molecule has 0 amide bonds. The second-order valence-corrected chi connectivity index (χ2v) is 23.4. The lowest BCUT2D eigenvalue weighted by atomic mass is 9.92. The molecule has 18 aromatic rings. The van der Waals surface area contributed by atoms with Crippen molar-refractivity contribution in [2.24, 2.45) is 0 Å². The number of hydrogen-bond acceptors (Lipinski definition) is 3. The van der Waals surface area contributed by atoms with E-state index < -0.39 is 0 Å². The van der Waals surface area contributed by atoms with Crippen LogP contribution in [0.25, 0.3) is 174 Å². The number of thiophene rings is 1. The van der Waals surface area contributed by atoms with Gasteiger partial charge in [0.05, 0.1) is 71.6 Å². The fourth-order valence-electron chi connectivity index (χ4n) is 15.1. The van der Waals surface area contributed by atoms with Crippen molar-refractivity contribution < 1.29 is 0 Å². The van der Waals surface area contributed by atoms with Gasteiger partial charge in [0.25, 0.3) is 0 Å². The van der Waals surface area contributed by atoms with Crippen LogP contribution in [-0.4, -0.2) is 18.3 Å². The Morgan fingerprint density at radius 3 is 1.07 bits per heavy atom. The van der Waals surface area contributed by atoms with Gasteiger partial charge in [-0.3, -0.25) is 0 Å². The van der Waals surface area contributed by atoms with Crippen molar-refractivity contribution in [2.45, 2.75) is 0 Å². The predicted octanol–water partition coefficient (Wildman–Crippen LogP) is 20.7. The maximum absolute atomic E-state index is 13.1. The summed E-state index contributed by atoms with van der Waals surface area (Å²) in [5.74, 6) is 0. The first-order valence-corrected chi connectivity index (χ1v) is 29.5. The van der Waals surface area contributed by atoms with Crippen molar-refractivity contribution in [1.29, 1.82) is 10.5 Å². The highest BCUT2D eigenvalue weighted by Gasteiger charge is 2.36. The summed E-state index contributed by atoms with van der Waals surface area (Å²) >= 11 is 1.78. The van der Waals surface area contributed by atoms with Crippen LogP contribution in [0, 0.1) is 22.7 Å². The minimum Gasteiger partial charge on any atom is -0.306 e. The van der Waals surface area contributed by atoms with Crippen LogP contribution in [0.1, 0.15) is 11.1 Å². The average molecular weight is 1100 g/mol. The van der Waals surface area contributed by atoms with Gasteiger partial charge >= 0.3 is 0 Å². The summed E-state index contributed by atoms with van der Waals surface area (Å²) in [4.78, 5) is 0. The van der Waals surface area contributed by atoms with Gasteiger partial charge in [-0.1, -0.05) is 206 Å². The third kappa shape index (κ3) is 5.93. The normalized spacial score (nSPS) is 12.2. The van der Waals surface area contributed by atoms with Crippen LogP contribution in [0.5, 0.6) is 0 Å². The molecule has 19 rings (SSSR count). The molecule has 0 fully saturated rings. The van der Waals surface area contributed by atoms with E-state index in [1.54, 1.807) is 11.3 Å². The number of rotatable bonds is 5. The maximum atomic E-state index is 13.1. The molecule has 0 unspecified atom stereocenters. The Morgan fingerprint density at radius 2 is 0.588 bits per heavy atom. The third-order valence-corrected chi connectivity index (χ3v) is 19.6. The van der Waals surface area contributed by atoms with Crippen LogP contribution in [-0.2, 0) is 0 Å². The lowest BCUT2D eigenvalue weighted by Crippen LogP contribution is -2.16. The molecule has 0 radical (unpaired) electrons. The summed E-state index contributed by atoms with van der Waals surface area (Å²) in [6, 6.07) is 97.1. The number of benzene rings is 13. The number of nitriles is 2. The fraction of sp³-hybridized carbons (Fsp3) is 0. The molecule has 0 spiro atoms. The highest BCUT2D eigenvalue weighted by atomic mass is 32.1. The molecule has 1 aliphatic carbocycles. The molecule has 5 heterocycles. The number of aromatic nitrogens is 4. The summed E-state index contributed by atoms with van der Waals surface area (Å²) in [7, 11) is 0. The van der Waals surface area contributed by atoms with Crippen molar-refractivity contribution in [2.75, 3.05) is 0 Å². The second-order valence-electron chi connectivity index (χ2n) is 22.4. The van der Waals surface area contributed by atoms with Crippen LogP contribution in [0.2, 0.25) is 0 Å². The van der Waals surface area contributed by atoms with Crippen molar-refractivity contribution in [3.8, 4) is 68.3 Å². The summed E-state index contributed by atoms with van der Waals surface area (Å²) in [5, 5.41) is 39.1. The van der Waals surface area contributed by atoms with E-state index in [0.29, 0.717) is 33.9 Å². The van der Waals surface area contributed by atoms with E-state index in [1.807, 2.05) is 0 Å². The van der Waals surface area contributed by atoms with Crippen LogP contribution < -0.4 is 0 Å². The Balaban J connectivity index is 1.09. The largest absolute Gasteiger partial charge is 0.306 e. The van der Waals surface area contributed by atoms with Crippen LogP contribution in [0.4, 0.5) is 0 Å². The van der Waals surface area contributed by atoms with Gasteiger partial charge in [0.1, 0.15) is 23.3 Å². The van der Waals surface area contributed by atoms with Crippen LogP contribution in [0.3, 0.4) is 0 Å². The highest BCUT2D eigenvalue weighted by Crippen LogP contribution is 2.54. The Hall–Kier alpha value is -11.5. The molecule has 1 aliphatic rings. The Morgan fingerprint density at radius 1 is 0.247 bits per heavy atom. The molecule has 0 N–H and O–H groups in total. The van der Waals surface area contributed by atoms with Gasteiger partial charge in [-0.25, -0.2) is 0 Å². The molecule has 0 aliphatic heterocycles. The zero-order valence-electron chi connectivity index (χ0n) is 45.3. The van der Waals surface area contributed by atoms with Crippen molar-refractivity contribution in [3.05, 3.63) is 266 Å². The Kier molecular flexibility index (Phi) is 9.26. The zero-order valence-corrected chi connectivity index (χ0v) is 46.2. The SMILES string of the molecule is N#Cc1c(-n2c3ccccc3c3ccccc32)c(-n2c3ccccc3c3ccccc32)c(C#N)c(-n2c3cccc(-c4ccc5c6c(cccc46)-c4ccccc4-5)c3c3ccc4c5ccccc5sc4c32)c1-n1c2ccccc2c2ccccc21. The first kappa shape index (κ1) is 46.2. The summed E-state index contributed by atoms with van der Waals surface area (Å²) < 4.78 is 11.5. The lowest BCUT2D eigenvalue weighted by Gasteiger charge is -2.27. The summed E-state index contributed by atoms with van der Waals surface area (Å²) in [5.41, 5.74) is 17.9. The molecule has 13 aromatic carbocycles. The van der Waals surface area contributed by atoms with Gasteiger partial charge in [0, 0.05) is 58.6 Å². The van der Waals surface area contributed by atoms with Crippen molar-refractivity contribution in [3.63, 3.8) is 0 Å². The number of hydrogen-bond donors (Lipinski definition) is 0. The highest BCUT2D eigenvalue weighted by molar-refractivity contribution is 7.26. The van der Waals surface area contributed by atoms with E-state index in [4.69, 9.17) is 0 Å². The quantitative estimate of drug-likeness (QED) is 0.172. The third-order valence-electron chi connectivity index (χ3n) is 18.4. The second kappa shape index (κ2) is 17.0. The van der Waals surface area contributed by atoms with Gasteiger partial charge in [0.15, 0.2) is 0 Å². The first-order chi connectivity index (χ1) is 42.2. The predicted molar refractivity (Wildman–Crippen MR) is 353 cm³/mol. The van der Waals surface area contributed by atoms with E-state index in [9.17, 15) is 10.5 Å². The zero-order chi connectivity index (χ0) is 55.8. The van der Waals surface area contributed by atoms with Gasteiger partial charge in [-0.2, -0.15) is 10.5 Å². The molecule has 0 saturated heterocycles. The van der Waals surface area contributed by atoms with Gasteiger partial charge in [-0.15, -0.1) is 11.3 Å². The minimum absolute atomic E-state index is 0.421. The summed E-state index contributed by atoms with van der Waals surface area (Å²) in [6.45, 7) is 0. The average Bonchev–Trinajstić information content (AvgIpc) is 2.80. The standard InChI is InChI=1S/C78H42N6S/c79-43-61-73(81-63-31-10-3-21-48(63)49-22-4-11-32-64(49)81)74(82-65-33-12-5-23-50(65)51-24-6-13-34-66(51)82)62(44-80)76(75(61)83-67-35-14-7-25-52(67)53-26-8-15-36-68(53)83)84-69-37-18-30-57(72(69)60-42-41-59-54-27-9-16-38-70(54)85-78(59)77(60)84)47-39-40-58-46-20-2-1-19-45(46)55-28-17-29-56(47)71(55)58/h1-42H. The van der Waals surface area contributed by atoms with Crippen LogP contribution in [0.15, 0.2) is 255 Å². The van der Waals surface area contributed by atoms with Gasteiger partial charge < -0.3 is 18.3 Å². The molecule has 5 aromatic heterocycles. The van der Waals surface area contributed by atoms with E-state index in [-0.39, 0.29) is 0 Å². The molecule has 6 nitrogen and oxygen atoms in total. The number of nitrogens with zero attached hydrogens (tertiary/aromatic N) is 6. The van der Waals surface area contributed by atoms with Gasteiger partial charge in [-0.05, 0) is 92.7 Å². The van der Waals surface area contributed by atoms with Crippen molar-refractivity contribution >= 4 is 130 Å². The maximum Gasteiger partial charge on any atom is 0.104 e. The lowest BCUT2D eigenvalue weighted by molar-refractivity contribution is 1.03.